The van der Waals surface area contributed by atoms with E-state index in [1.807, 2.05) is 0 Å². The molecular formula is C14H28O2. The zero-order chi connectivity index (χ0) is 19.1. The average molecular weight is 235 g/mol. The van der Waals surface area contributed by atoms with E-state index >= 15 is 0 Å². The van der Waals surface area contributed by atoms with Crippen LogP contribution in [-0.4, -0.2) is 24.3 Å². The van der Waals surface area contributed by atoms with Crippen molar-refractivity contribution < 1.29 is 19.1 Å². The Hall–Kier alpha value is -0.340. The van der Waals surface area contributed by atoms with E-state index < -0.39 is 31.2 Å². The van der Waals surface area contributed by atoms with Crippen molar-refractivity contribution in [2.24, 2.45) is 0 Å². The van der Waals surface area contributed by atoms with Crippen LogP contribution in [0.4, 0.5) is 0 Å². The van der Waals surface area contributed by atoms with E-state index in [1.165, 1.54) is 6.92 Å². The Kier molecular flexibility index (Phi) is 2.39. The molecule has 0 spiro atoms. The molecule has 0 N–H and O–H groups in total. The molecule has 0 radical (unpaired) electrons. The fourth-order valence-corrected chi connectivity index (χ4v) is 1.44. The van der Waals surface area contributed by atoms with Gasteiger partial charge < -0.3 is 9.47 Å². The molecule has 0 aliphatic carbocycles. The highest BCUT2D eigenvalue weighted by Crippen LogP contribution is 2.31. The van der Waals surface area contributed by atoms with Gasteiger partial charge >= 0.3 is 0 Å². The quantitative estimate of drug-likeness (QED) is 0.672. The lowest BCUT2D eigenvalue weighted by Crippen LogP contribution is -2.34. The molecule has 2 heteroatoms. The second-order valence-electron chi connectivity index (χ2n) is 5.03. The minimum absolute atomic E-state index is 0.611. The third-order valence-corrected chi connectivity index (χ3v) is 3.03. The van der Waals surface area contributed by atoms with Gasteiger partial charge in [0.25, 0.3) is 0 Å². The van der Waals surface area contributed by atoms with E-state index in [1.54, 1.807) is 41.5 Å². The van der Waals surface area contributed by atoms with Crippen LogP contribution >= 0.6 is 0 Å². The number of methoxy groups -OCH3 is 1. The van der Waals surface area contributed by atoms with Crippen LogP contribution in [0.2, 0.25) is 0 Å². The molecule has 1 atom stereocenters. The first kappa shape index (κ1) is 7.17. The van der Waals surface area contributed by atoms with Gasteiger partial charge in [0, 0.05) is 11.2 Å². The zero-order valence-corrected chi connectivity index (χ0v) is 11.3. The standard InChI is InChI=1S/C14H28O2/c1-10(2)16-14(7,8)12(4)11(3)13(5,6)15-9/h10H,1-9H3/b12-11-/i1D3,9D3,10D. The third-order valence-electron chi connectivity index (χ3n) is 3.03. The third kappa shape index (κ3) is 3.91. The van der Waals surface area contributed by atoms with Crippen molar-refractivity contribution in [1.29, 1.82) is 0 Å². The Morgan fingerprint density at radius 2 is 1.62 bits per heavy atom. The van der Waals surface area contributed by atoms with E-state index in [0.717, 1.165) is 0 Å². The highest BCUT2D eigenvalue weighted by atomic mass is 16.5. The monoisotopic (exact) mass is 235 g/mol. The summed E-state index contributed by atoms with van der Waals surface area (Å²) >= 11 is 0. The lowest BCUT2D eigenvalue weighted by molar-refractivity contribution is -0.0339. The number of ether oxygens (including phenoxy) is 2. The molecule has 0 fully saturated rings. The predicted octanol–water partition coefficient (Wildman–Crippen LogP) is 3.95. The number of rotatable bonds is 5. The van der Waals surface area contributed by atoms with Crippen LogP contribution in [0.3, 0.4) is 0 Å². The van der Waals surface area contributed by atoms with Gasteiger partial charge in [0.15, 0.2) is 0 Å². The molecule has 0 heterocycles. The van der Waals surface area contributed by atoms with Gasteiger partial charge in [0.1, 0.15) is 0 Å². The molecule has 0 saturated heterocycles. The SMILES string of the molecule is [2H]C([2H])([2H])OC(C)(C)/C(C)=C(/C)C(C)(C)OC([2H])(C)C([2H])([2H])[2H]. The second kappa shape index (κ2) is 5.33. The van der Waals surface area contributed by atoms with Gasteiger partial charge in [-0.3, -0.25) is 0 Å². The smallest absolute Gasteiger partial charge is 0.0839 e. The summed E-state index contributed by atoms with van der Waals surface area (Å²) in [5.74, 6) is 0. The molecule has 0 aliphatic heterocycles. The fourth-order valence-electron chi connectivity index (χ4n) is 1.44. The maximum atomic E-state index is 7.94. The molecule has 16 heavy (non-hydrogen) atoms. The molecule has 0 bridgehead atoms. The van der Waals surface area contributed by atoms with E-state index in [2.05, 4.69) is 0 Å². The summed E-state index contributed by atoms with van der Waals surface area (Å²) in [6.07, 6.45) is -2.09. The molecule has 96 valence electrons. The maximum absolute atomic E-state index is 7.94. The van der Waals surface area contributed by atoms with Crippen LogP contribution in [0.5, 0.6) is 0 Å². The van der Waals surface area contributed by atoms with E-state index in [0.29, 0.717) is 11.1 Å². The molecule has 0 aromatic carbocycles. The first-order valence-corrected chi connectivity index (χ1v) is 5.32. The topological polar surface area (TPSA) is 18.5 Å². The number of hydrogen-bond acceptors (Lipinski definition) is 2. The molecule has 2 nitrogen and oxygen atoms in total. The number of hydrogen-bond donors (Lipinski definition) is 0. The van der Waals surface area contributed by atoms with Crippen LogP contribution in [0.1, 0.15) is 64.9 Å². The van der Waals surface area contributed by atoms with Crippen LogP contribution in [-0.2, 0) is 9.47 Å². The van der Waals surface area contributed by atoms with E-state index in [9.17, 15) is 0 Å². The van der Waals surface area contributed by atoms with Crippen molar-refractivity contribution in [2.45, 2.75) is 72.6 Å². The largest absolute Gasteiger partial charge is 0.374 e. The van der Waals surface area contributed by atoms with Crippen molar-refractivity contribution >= 4 is 0 Å². The van der Waals surface area contributed by atoms with Gasteiger partial charge in [-0.15, -0.1) is 0 Å². The molecular weight excluding hydrogens is 200 g/mol. The summed E-state index contributed by atoms with van der Waals surface area (Å²) < 4.78 is 62.6. The molecule has 0 aliphatic rings. The molecule has 0 rings (SSSR count). The summed E-state index contributed by atoms with van der Waals surface area (Å²) in [6, 6.07) is 0. The van der Waals surface area contributed by atoms with Crippen LogP contribution in [0, 0.1) is 0 Å². The van der Waals surface area contributed by atoms with Gasteiger partial charge in [-0.1, -0.05) is 0 Å². The first-order valence-electron chi connectivity index (χ1n) is 8.82. The van der Waals surface area contributed by atoms with Crippen molar-refractivity contribution in [3.05, 3.63) is 11.1 Å². The predicted molar refractivity (Wildman–Crippen MR) is 69.8 cm³/mol. The Bertz CT molecular complexity index is 457. The van der Waals surface area contributed by atoms with Gasteiger partial charge in [-0.2, -0.15) is 0 Å². The molecule has 0 aromatic rings. The van der Waals surface area contributed by atoms with Gasteiger partial charge in [-0.05, 0) is 66.5 Å². The summed E-state index contributed by atoms with van der Waals surface area (Å²) in [5.41, 5.74) is -0.937. The minimum Gasteiger partial charge on any atom is -0.374 e. The summed E-state index contributed by atoms with van der Waals surface area (Å²) in [4.78, 5) is 0. The summed E-state index contributed by atoms with van der Waals surface area (Å²) in [5, 5.41) is 0. The highest BCUT2D eigenvalue weighted by molar-refractivity contribution is 5.25. The lowest BCUT2D eigenvalue weighted by atomic mass is 9.87. The summed E-state index contributed by atoms with van der Waals surface area (Å²) in [7, 11) is -2.56. The fraction of sp³-hybridized carbons (Fsp3) is 0.857. The van der Waals surface area contributed by atoms with Gasteiger partial charge in [-0.25, -0.2) is 0 Å². The van der Waals surface area contributed by atoms with Crippen molar-refractivity contribution in [1.82, 2.24) is 0 Å². The summed E-state index contributed by atoms with van der Waals surface area (Å²) in [6.45, 7) is 8.55. The zero-order valence-electron chi connectivity index (χ0n) is 18.3. The molecule has 0 amide bonds. The molecule has 0 aromatic heterocycles. The minimum atomic E-state index is -2.61. The van der Waals surface area contributed by atoms with Crippen LogP contribution in [0.15, 0.2) is 11.1 Å². The average Bonchev–Trinajstić information content (AvgIpc) is 2.20. The molecule has 0 saturated carbocycles. The van der Waals surface area contributed by atoms with Crippen molar-refractivity contribution in [3.63, 3.8) is 0 Å². The van der Waals surface area contributed by atoms with E-state index in [4.69, 9.17) is 19.1 Å². The Morgan fingerprint density at radius 3 is 2.06 bits per heavy atom. The Labute approximate surface area is 111 Å². The molecule has 1 unspecified atom stereocenters. The highest BCUT2D eigenvalue weighted by Gasteiger charge is 2.29. The first-order chi connectivity index (χ1) is 9.73. The van der Waals surface area contributed by atoms with Gasteiger partial charge in [0.2, 0.25) is 0 Å². The lowest BCUT2D eigenvalue weighted by Gasteiger charge is -2.34. The van der Waals surface area contributed by atoms with Crippen LogP contribution < -0.4 is 0 Å². The Morgan fingerprint density at radius 1 is 1.12 bits per heavy atom. The maximum Gasteiger partial charge on any atom is 0.0839 e. The van der Waals surface area contributed by atoms with Crippen molar-refractivity contribution in [2.75, 3.05) is 7.04 Å². The normalized spacial score (nSPS) is 27.1. The van der Waals surface area contributed by atoms with E-state index in [-0.39, 0.29) is 0 Å². The van der Waals surface area contributed by atoms with Crippen molar-refractivity contribution in [3.8, 4) is 0 Å². The second-order valence-corrected chi connectivity index (χ2v) is 5.03. The van der Waals surface area contributed by atoms with Gasteiger partial charge in [0.05, 0.1) is 22.8 Å². The van der Waals surface area contributed by atoms with Crippen LogP contribution in [0.25, 0.3) is 0 Å². The Balaban J connectivity index is 5.65.